The van der Waals surface area contributed by atoms with E-state index in [0.717, 1.165) is 15.3 Å². The number of thiophene rings is 1. The van der Waals surface area contributed by atoms with Crippen molar-refractivity contribution in [2.45, 2.75) is 24.0 Å². The summed E-state index contributed by atoms with van der Waals surface area (Å²) in [5.41, 5.74) is 2.58. The number of anilines is 2. The van der Waals surface area contributed by atoms with E-state index in [1.54, 1.807) is 60.7 Å². The fraction of sp³-hybridized carbons (Fsp3) is 0.100. The Hall–Kier alpha value is -3.85. The largest absolute Gasteiger partial charge is 0.325 e. The zero-order valence-corrected chi connectivity index (χ0v) is 23.6. The second-order valence-corrected chi connectivity index (χ2v) is 11.3. The lowest BCUT2D eigenvalue weighted by Crippen LogP contribution is -2.30. The van der Waals surface area contributed by atoms with Crippen LogP contribution in [0.4, 0.5) is 11.4 Å². The first-order chi connectivity index (χ1) is 18.8. The van der Waals surface area contributed by atoms with Gasteiger partial charge in [0.2, 0.25) is 5.91 Å². The van der Waals surface area contributed by atoms with Crippen molar-refractivity contribution in [2.24, 2.45) is 0 Å². The molecule has 0 aliphatic rings. The minimum atomic E-state index is -0.461. The van der Waals surface area contributed by atoms with E-state index in [0.29, 0.717) is 22.0 Å². The summed E-state index contributed by atoms with van der Waals surface area (Å²) in [6.45, 7) is 3.66. The SMILES string of the molecule is Cc1c(Cl)cccc1NC(=O)C(C)Sc1cccc(NC(=O)/C(=C/c2cccs2)NC(=O)c2ccccc2)c1. The van der Waals surface area contributed by atoms with Crippen LogP contribution in [-0.2, 0) is 9.59 Å². The van der Waals surface area contributed by atoms with Crippen molar-refractivity contribution >= 4 is 69.9 Å². The van der Waals surface area contributed by atoms with Crippen LogP contribution in [0.3, 0.4) is 0 Å². The van der Waals surface area contributed by atoms with Crippen LogP contribution in [0.1, 0.15) is 27.7 Å². The summed E-state index contributed by atoms with van der Waals surface area (Å²) >= 11 is 8.99. The molecule has 0 saturated carbocycles. The molecule has 3 amide bonds. The molecule has 9 heteroatoms. The normalized spacial score (nSPS) is 11.9. The molecule has 4 aromatic rings. The van der Waals surface area contributed by atoms with Crippen LogP contribution in [0, 0.1) is 6.92 Å². The maximum absolute atomic E-state index is 13.2. The molecule has 1 aromatic heterocycles. The van der Waals surface area contributed by atoms with Crippen molar-refractivity contribution in [3.8, 4) is 0 Å². The number of amides is 3. The number of thioether (sulfide) groups is 1. The molecule has 39 heavy (non-hydrogen) atoms. The van der Waals surface area contributed by atoms with E-state index in [2.05, 4.69) is 16.0 Å². The van der Waals surface area contributed by atoms with Gasteiger partial charge in [0.15, 0.2) is 0 Å². The third-order valence-electron chi connectivity index (χ3n) is 5.66. The number of carbonyl (C=O) groups is 3. The fourth-order valence-electron chi connectivity index (χ4n) is 3.54. The molecule has 1 atom stereocenters. The molecule has 4 rings (SSSR count). The molecular formula is C30H26ClN3O3S2. The van der Waals surface area contributed by atoms with E-state index in [9.17, 15) is 14.4 Å². The minimum absolute atomic E-state index is 0.119. The molecule has 6 nitrogen and oxygen atoms in total. The van der Waals surface area contributed by atoms with Crippen LogP contribution < -0.4 is 16.0 Å². The van der Waals surface area contributed by atoms with Crippen molar-refractivity contribution in [1.82, 2.24) is 5.32 Å². The van der Waals surface area contributed by atoms with E-state index in [1.165, 1.54) is 23.1 Å². The zero-order valence-electron chi connectivity index (χ0n) is 21.2. The first kappa shape index (κ1) is 28.2. The van der Waals surface area contributed by atoms with Gasteiger partial charge in [0.05, 0.1) is 5.25 Å². The highest BCUT2D eigenvalue weighted by Gasteiger charge is 2.18. The molecule has 0 fully saturated rings. The lowest BCUT2D eigenvalue weighted by atomic mass is 10.2. The Labute approximate surface area is 240 Å². The average Bonchev–Trinajstić information content (AvgIpc) is 3.44. The Kier molecular flexibility index (Phi) is 9.59. The molecular weight excluding hydrogens is 550 g/mol. The Morgan fingerprint density at radius 1 is 0.923 bits per heavy atom. The van der Waals surface area contributed by atoms with Crippen molar-refractivity contribution in [2.75, 3.05) is 10.6 Å². The Morgan fingerprint density at radius 3 is 2.44 bits per heavy atom. The van der Waals surface area contributed by atoms with E-state index in [-0.39, 0.29) is 17.5 Å². The summed E-state index contributed by atoms with van der Waals surface area (Å²) in [5.74, 6) is -1.01. The smallest absolute Gasteiger partial charge is 0.272 e. The van der Waals surface area contributed by atoms with Gasteiger partial charge >= 0.3 is 0 Å². The van der Waals surface area contributed by atoms with Gasteiger partial charge in [0.1, 0.15) is 5.70 Å². The molecule has 198 valence electrons. The number of benzene rings is 3. The molecule has 3 N–H and O–H groups in total. The quantitative estimate of drug-likeness (QED) is 0.145. The monoisotopic (exact) mass is 575 g/mol. The average molecular weight is 576 g/mol. The van der Waals surface area contributed by atoms with Crippen LogP contribution in [0.5, 0.6) is 0 Å². The van der Waals surface area contributed by atoms with Crippen LogP contribution in [0.2, 0.25) is 5.02 Å². The van der Waals surface area contributed by atoms with E-state index < -0.39 is 11.2 Å². The van der Waals surface area contributed by atoms with E-state index in [4.69, 9.17) is 11.6 Å². The van der Waals surface area contributed by atoms with Gasteiger partial charge in [-0.3, -0.25) is 14.4 Å². The summed E-state index contributed by atoms with van der Waals surface area (Å²) in [6.07, 6.45) is 1.64. The lowest BCUT2D eigenvalue weighted by molar-refractivity contribution is -0.115. The van der Waals surface area contributed by atoms with E-state index in [1.807, 2.05) is 49.6 Å². The Morgan fingerprint density at radius 2 is 1.69 bits per heavy atom. The second kappa shape index (κ2) is 13.3. The molecule has 0 radical (unpaired) electrons. The fourth-order valence-corrected chi connectivity index (χ4v) is 5.30. The highest BCUT2D eigenvalue weighted by atomic mass is 35.5. The first-order valence-electron chi connectivity index (χ1n) is 12.1. The molecule has 0 aliphatic heterocycles. The van der Waals surface area contributed by atoms with Crippen molar-refractivity contribution < 1.29 is 14.4 Å². The second-order valence-electron chi connectivity index (χ2n) is 8.54. The zero-order chi connectivity index (χ0) is 27.8. The predicted octanol–water partition coefficient (Wildman–Crippen LogP) is 7.24. The number of nitrogens with one attached hydrogen (secondary N) is 3. The molecule has 1 unspecified atom stereocenters. The van der Waals surface area contributed by atoms with Crippen molar-refractivity contribution in [3.63, 3.8) is 0 Å². The molecule has 0 saturated heterocycles. The van der Waals surface area contributed by atoms with Gasteiger partial charge in [0, 0.05) is 31.7 Å². The van der Waals surface area contributed by atoms with Gasteiger partial charge in [-0.25, -0.2) is 0 Å². The van der Waals surface area contributed by atoms with Gasteiger partial charge in [-0.15, -0.1) is 23.1 Å². The molecule has 3 aromatic carbocycles. The van der Waals surface area contributed by atoms with Crippen LogP contribution in [-0.4, -0.2) is 23.0 Å². The highest BCUT2D eigenvalue weighted by molar-refractivity contribution is 8.00. The Bertz CT molecular complexity index is 1510. The number of hydrogen-bond acceptors (Lipinski definition) is 5. The molecule has 0 bridgehead atoms. The van der Waals surface area contributed by atoms with Gasteiger partial charge in [0.25, 0.3) is 11.8 Å². The summed E-state index contributed by atoms with van der Waals surface area (Å²) in [4.78, 5) is 40.5. The summed E-state index contributed by atoms with van der Waals surface area (Å²) in [6, 6.07) is 25.0. The standard InChI is InChI=1S/C30H26ClN3O3S2/c1-19-25(31)14-7-15-26(19)33-28(35)20(2)39-24-12-6-11-22(17-24)32-30(37)27(18-23-13-8-16-38-23)34-29(36)21-9-4-3-5-10-21/h3-18,20H,1-2H3,(H,32,37)(H,33,35)(H,34,36)/b27-18-. The van der Waals surface area contributed by atoms with Gasteiger partial charge < -0.3 is 16.0 Å². The number of rotatable bonds is 9. The highest BCUT2D eigenvalue weighted by Crippen LogP contribution is 2.28. The van der Waals surface area contributed by atoms with Gasteiger partial charge in [-0.1, -0.05) is 48.0 Å². The number of halogens is 1. The number of hydrogen-bond donors (Lipinski definition) is 3. The van der Waals surface area contributed by atoms with Crippen LogP contribution in [0.15, 0.2) is 101 Å². The minimum Gasteiger partial charge on any atom is -0.325 e. The maximum atomic E-state index is 13.2. The Balaban J connectivity index is 1.45. The topological polar surface area (TPSA) is 87.3 Å². The molecule has 0 spiro atoms. The predicted molar refractivity (Wildman–Crippen MR) is 161 cm³/mol. The molecule has 1 heterocycles. The molecule has 0 aliphatic carbocycles. The summed E-state index contributed by atoms with van der Waals surface area (Å²) in [5, 5.41) is 10.6. The maximum Gasteiger partial charge on any atom is 0.272 e. The van der Waals surface area contributed by atoms with E-state index >= 15 is 0 Å². The van der Waals surface area contributed by atoms with Gasteiger partial charge in [-0.05, 0) is 79.4 Å². The van der Waals surface area contributed by atoms with Gasteiger partial charge in [-0.2, -0.15) is 0 Å². The van der Waals surface area contributed by atoms with Crippen molar-refractivity contribution in [1.29, 1.82) is 0 Å². The summed E-state index contributed by atoms with van der Waals surface area (Å²) in [7, 11) is 0. The van der Waals surface area contributed by atoms with Crippen LogP contribution in [0.25, 0.3) is 6.08 Å². The third kappa shape index (κ3) is 7.83. The first-order valence-corrected chi connectivity index (χ1v) is 14.2. The van der Waals surface area contributed by atoms with Crippen LogP contribution >= 0.6 is 34.7 Å². The lowest BCUT2D eigenvalue weighted by Gasteiger charge is -2.15. The van der Waals surface area contributed by atoms with Crippen molar-refractivity contribution in [3.05, 3.63) is 117 Å². The number of carbonyl (C=O) groups excluding carboxylic acids is 3. The summed E-state index contributed by atoms with van der Waals surface area (Å²) < 4.78 is 0. The third-order valence-corrected chi connectivity index (χ3v) is 7.98.